The molecule has 0 radical (unpaired) electrons. The molecule has 194 valence electrons. The van der Waals surface area contributed by atoms with Crippen molar-refractivity contribution in [2.24, 2.45) is 0 Å². The number of rotatable bonds is 7. The number of carbonyl (C=O) groups excluding carboxylic acids is 1. The highest BCUT2D eigenvalue weighted by molar-refractivity contribution is 5.91. The lowest BCUT2D eigenvalue weighted by molar-refractivity contribution is -0.140. The summed E-state index contributed by atoms with van der Waals surface area (Å²) in [5.74, 6) is -0.387. The van der Waals surface area contributed by atoms with Crippen molar-refractivity contribution in [3.05, 3.63) is 71.3 Å². The summed E-state index contributed by atoms with van der Waals surface area (Å²) in [6, 6.07) is 11.3. The van der Waals surface area contributed by atoms with Crippen molar-refractivity contribution in [3.8, 4) is 5.75 Å². The lowest BCUT2D eigenvalue weighted by Gasteiger charge is -2.43. The predicted molar refractivity (Wildman–Crippen MR) is 134 cm³/mol. The molecule has 8 heteroatoms. The number of likely N-dealkylation sites (tertiary alicyclic amines) is 2. The SMILES string of the molecule is COc1ccc(C2CCN(CC(O)C3(O)CCN(C(=O)C=Cc4cc(F)cc(F)c4)CC3)CC2)cc1. The number of ether oxygens (including phenoxy) is 1. The average Bonchev–Trinajstić information content (AvgIpc) is 2.87. The molecule has 0 aromatic heterocycles. The molecule has 2 aromatic rings. The van der Waals surface area contributed by atoms with Crippen LogP contribution in [0.25, 0.3) is 6.08 Å². The maximum atomic E-state index is 13.3. The van der Waals surface area contributed by atoms with Crippen LogP contribution in [0.3, 0.4) is 0 Å². The van der Waals surface area contributed by atoms with Gasteiger partial charge >= 0.3 is 0 Å². The number of hydrogen-bond donors (Lipinski definition) is 2. The highest BCUT2D eigenvalue weighted by Gasteiger charge is 2.40. The molecule has 1 amide bonds. The highest BCUT2D eigenvalue weighted by atomic mass is 19.1. The number of hydrogen-bond acceptors (Lipinski definition) is 5. The maximum absolute atomic E-state index is 13.3. The van der Waals surface area contributed by atoms with Gasteiger partial charge < -0.3 is 24.7 Å². The second-order valence-electron chi connectivity index (χ2n) is 9.83. The van der Waals surface area contributed by atoms with Crippen LogP contribution in [-0.2, 0) is 4.79 Å². The molecule has 4 rings (SSSR count). The molecule has 0 spiro atoms. The zero-order chi connectivity index (χ0) is 25.7. The van der Waals surface area contributed by atoms with Gasteiger partial charge in [0.05, 0.1) is 18.8 Å². The number of methoxy groups -OCH3 is 1. The summed E-state index contributed by atoms with van der Waals surface area (Å²) in [4.78, 5) is 16.3. The Morgan fingerprint density at radius 3 is 2.28 bits per heavy atom. The minimum atomic E-state index is -1.25. The van der Waals surface area contributed by atoms with Gasteiger partial charge in [0.15, 0.2) is 0 Å². The van der Waals surface area contributed by atoms with E-state index in [9.17, 15) is 23.8 Å². The first-order chi connectivity index (χ1) is 17.3. The van der Waals surface area contributed by atoms with Crippen molar-refractivity contribution in [1.82, 2.24) is 9.80 Å². The molecule has 2 fully saturated rings. The van der Waals surface area contributed by atoms with Crippen LogP contribution in [0, 0.1) is 11.6 Å². The number of amides is 1. The Morgan fingerprint density at radius 1 is 1.08 bits per heavy atom. The first-order valence-electron chi connectivity index (χ1n) is 12.5. The van der Waals surface area contributed by atoms with Crippen LogP contribution < -0.4 is 4.74 Å². The zero-order valence-electron chi connectivity index (χ0n) is 20.6. The Kier molecular flexibility index (Phi) is 8.39. The summed E-state index contributed by atoms with van der Waals surface area (Å²) in [7, 11) is 1.66. The van der Waals surface area contributed by atoms with Gasteiger partial charge in [-0.3, -0.25) is 4.79 Å². The Labute approximate surface area is 210 Å². The van der Waals surface area contributed by atoms with Gasteiger partial charge in [-0.25, -0.2) is 8.78 Å². The van der Waals surface area contributed by atoms with Crippen molar-refractivity contribution >= 4 is 12.0 Å². The van der Waals surface area contributed by atoms with Crippen molar-refractivity contribution < 1.29 is 28.5 Å². The number of nitrogens with zero attached hydrogens (tertiary/aromatic N) is 2. The second-order valence-corrected chi connectivity index (χ2v) is 9.83. The van der Waals surface area contributed by atoms with E-state index in [1.165, 1.54) is 17.7 Å². The van der Waals surface area contributed by atoms with Crippen LogP contribution >= 0.6 is 0 Å². The lowest BCUT2D eigenvalue weighted by atomic mass is 9.84. The predicted octanol–water partition coefficient (Wildman–Crippen LogP) is 3.58. The summed E-state index contributed by atoms with van der Waals surface area (Å²) in [6.07, 6.45) is 4.26. The minimum absolute atomic E-state index is 0.264. The number of piperidine rings is 2. The zero-order valence-corrected chi connectivity index (χ0v) is 20.6. The minimum Gasteiger partial charge on any atom is -0.497 e. The molecule has 2 aromatic carbocycles. The van der Waals surface area contributed by atoms with Gasteiger partial charge in [0, 0.05) is 31.8 Å². The quantitative estimate of drug-likeness (QED) is 0.569. The van der Waals surface area contributed by atoms with E-state index in [-0.39, 0.29) is 24.3 Å². The molecule has 6 nitrogen and oxygen atoms in total. The van der Waals surface area contributed by atoms with Crippen molar-refractivity contribution in [3.63, 3.8) is 0 Å². The molecule has 0 aliphatic carbocycles. The Hall–Kier alpha value is -2.81. The smallest absolute Gasteiger partial charge is 0.246 e. The van der Waals surface area contributed by atoms with Crippen molar-refractivity contribution in [2.45, 2.75) is 43.3 Å². The molecule has 1 atom stereocenters. The third kappa shape index (κ3) is 6.49. The van der Waals surface area contributed by atoms with Gasteiger partial charge in [0.1, 0.15) is 17.4 Å². The lowest BCUT2D eigenvalue weighted by Crippen LogP contribution is -2.56. The van der Waals surface area contributed by atoms with Crippen LogP contribution in [0.5, 0.6) is 5.75 Å². The fourth-order valence-electron chi connectivity index (χ4n) is 5.13. The molecule has 2 aliphatic heterocycles. The van der Waals surface area contributed by atoms with Crippen LogP contribution in [-0.4, -0.2) is 77.5 Å². The number of benzene rings is 2. The summed E-state index contributed by atoms with van der Waals surface area (Å²) in [5, 5.41) is 22.0. The molecule has 0 saturated carbocycles. The standard InChI is InChI=1S/C28H34F2N2O4/c1-36-25-5-3-21(4-6-25)22-8-12-31(13-9-22)19-26(33)28(35)10-14-32(15-11-28)27(34)7-2-20-16-23(29)18-24(30)17-20/h2-7,16-18,22,26,33,35H,8-15,19H2,1H3. The summed E-state index contributed by atoms with van der Waals surface area (Å²) in [6.45, 7) is 2.69. The summed E-state index contributed by atoms with van der Waals surface area (Å²) in [5.41, 5.74) is 0.308. The number of β-amino-alcohol motifs (C(OH)–C–C–N with tert-alkyl or cyclic N) is 1. The molecule has 2 saturated heterocycles. The van der Waals surface area contributed by atoms with Gasteiger partial charge in [-0.05, 0) is 86.2 Å². The molecular formula is C28H34F2N2O4. The molecule has 2 heterocycles. The van der Waals surface area contributed by atoms with Crippen LogP contribution in [0.15, 0.2) is 48.5 Å². The molecular weight excluding hydrogens is 466 g/mol. The first kappa shape index (κ1) is 26.3. The number of halogens is 2. The second kappa shape index (κ2) is 11.5. The topological polar surface area (TPSA) is 73.2 Å². The third-order valence-corrected chi connectivity index (χ3v) is 7.47. The van der Waals surface area contributed by atoms with Gasteiger partial charge in [0.25, 0.3) is 0 Å². The van der Waals surface area contributed by atoms with Crippen LogP contribution in [0.1, 0.15) is 42.7 Å². The van der Waals surface area contributed by atoms with E-state index >= 15 is 0 Å². The molecule has 0 bridgehead atoms. The fourth-order valence-corrected chi connectivity index (χ4v) is 5.13. The van der Waals surface area contributed by atoms with Crippen LogP contribution in [0.4, 0.5) is 8.78 Å². The average molecular weight is 501 g/mol. The van der Waals surface area contributed by atoms with Crippen LogP contribution in [0.2, 0.25) is 0 Å². The first-order valence-corrected chi connectivity index (χ1v) is 12.5. The summed E-state index contributed by atoms with van der Waals surface area (Å²) >= 11 is 0. The van der Waals surface area contributed by atoms with E-state index in [1.807, 2.05) is 12.1 Å². The van der Waals surface area contributed by atoms with E-state index in [0.29, 0.717) is 25.6 Å². The molecule has 2 N–H and O–H groups in total. The third-order valence-electron chi connectivity index (χ3n) is 7.47. The van der Waals surface area contributed by atoms with Crippen molar-refractivity contribution in [1.29, 1.82) is 0 Å². The Morgan fingerprint density at radius 2 is 1.69 bits per heavy atom. The van der Waals surface area contributed by atoms with Gasteiger partial charge in [-0.15, -0.1) is 0 Å². The van der Waals surface area contributed by atoms with E-state index < -0.39 is 23.3 Å². The normalized spacial score (nSPS) is 20.0. The van der Waals surface area contributed by atoms with Gasteiger partial charge in [-0.2, -0.15) is 0 Å². The molecule has 36 heavy (non-hydrogen) atoms. The largest absolute Gasteiger partial charge is 0.497 e. The maximum Gasteiger partial charge on any atom is 0.246 e. The number of aliphatic hydroxyl groups is 2. The van der Waals surface area contributed by atoms with E-state index in [2.05, 4.69) is 17.0 Å². The van der Waals surface area contributed by atoms with Gasteiger partial charge in [-0.1, -0.05) is 12.1 Å². The number of carbonyl (C=O) groups is 1. The summed E-state index contributed by atoms with van der Waals surface area (Å²) < 4.78 is 31.9. The monoisotopic (exact) mass is 500 g/mol. The van der Waals surface area contributed by atoms with Gasteiger partial charge in [0.2, 0.25) is 5.91 Å². The molecule has 1 unspecified atom stereocenters. The van der Waals surface area contributed by atoms with E-state index in [4.69, 9.17) is 4.74 Å². The molecule has 2 aliphatic rings. The number of aliphatic hydroxyl groups excluding tert-OH is 1. The fraction of sp³-hybridized carbons (Fsp3) is 0.464. The Balaban J connectivity index is 1.23. The Bertz CT molecular complexity index is 1040. The highest BCUT2D eigenvalue weighted by Crippen LogP contribution is 2.31. The van der Waals surface area contributed by atoms with E-state index in [0.717, 1.165) is 49.9 Å². The van der Waals surface area contributed by atoms with Crippen molar-refractivity contribution in [2.75, 3.05) is 39.8 Å². The van der Waals surface area contributed by atoms with E-state index in [1.54, 1.807) is 12.0 Å².